The Hall–Kier alpha value is -3.51. The van der Waals surface area contributed by atoms with E-state index in [1.807, 2.05) is 21.2 Å². The largest absolute Gasteiger partial charge is 0.461 e. The smallest absolute Gasteiger partial charge is 0.338 e. The zero-order valence-corrected chi connectivity index (χ0v) is 57.0. The lowest BCUT2D eigenvalue weighted by molar-refractivity contribution is -0.181. The number of esters is 1. The van der Waals surface area contributed by atoms with E-state index in [0.717, 1.165) is 111 Å². The second kappa shape index (κ2) is 35.2. The molecule has 0 bridgehead atoms. The van der Waals surface area contributed by atoms with E-state index in [2.05, 4.69) is 115 Å². The number of carbonyl (C=O) groups is 2. The summed E-state index contributed by atoms with van der Waals surface area (Å²) in [6.45, 7) is 34.9. The van der Waals surface area contributed by atoms with E-state index in [0.29, 0.717) is 90.7 Å². The van der Waals surface area contributed by atoms with E-state index in [-0.39, 0.29) is 25.1 Å². The Labute approximate surface area is 495 Å². The number of aliphatic hydroxyl groups is 1. The van der Waals surface area contributed by atoms with Crippen LogP contribution in [0.2, 0.25) is 103 Å². The second-order valence-electron chi connectivity index (χ2n) is 26.5. The SMILES string of the molecule is COCCO.COCCOC(=O)C1(OCCOC)CCC(c2cc(N(COCC[Si](C)(C)C)COCC[Si](C)(C)C)n3nccc3n2)CC1.C[Si](C)(C)CCOCN(COCC[Si](C)(C)C)c1cc(C2CCC(=O)CC2)nc2ccnn12. The first-order valence-corrected chi connectivity index (χ1v) is 44.5. The molecular weight excluding hydrogens is 1110 g/mol. The molecule has 2 aliphatic carbocycles. The van der Waals surface area contributed by atoms with Gasteiger partial charge in [0, 0.05) is 140 Å². The fraction of sp³-hybridized carbons (Fsp3) is 0.759. The van der Waals surface area contributed by atoms with Gasteiger partial charge in [-0.25, -0.2) is 14.8 Å². The van der Waals surface area contributed by atoms with Crippen LogP contribution in [0.1, 0.15) is 74.6 Å². The maximum absolute atomic E-state index is 13.2. The Bertz CT molecular complexity index is 2400. The van der Waals surface area contributed by atoms with Crippen molar-refractivity contribution in [3.63, 3.8) is 0 Å². The molecule has 82 heavy (non-hydrogen) atoms. The summed E-state index contributed by atoms with van der Waals surface area (Å²) in [5.41, 5.74) is 2.62. The number of methoxy groups -OCH3 is 3. The van der Waals surface area contributed by atoms with Gasteiger partial charge in [-0.2, -0.15) is 19.2 Å². The minimum Gasteiger partial charge on any atom is -0.461 e. The number of fused-ring (bicyclic) bond motifs is 2. The molecule has 466 valence electrons. The molecule has 0 radical (unpaired) electrons. The molecule has 4 aromatic rings. The van der Waals surface area contributed by atoms with Crippen LogP contribution in [0, 0.1) is 0 Å². The van der Waals surface area contributed by atoms with Gasteiger partial charge in [0.25, 0.3) is 0 Å². The van der Waals surface area contributed by atoms with Gasteiger partial charge in [0.05, 0.1) is 45.4 Å². The molecule has 4 aromatic heterocycles. The third kappa shape index (κ3) is 26.0. The summed E-state index contributed by atoms with van der Waals surface area (Å²) in [7, 11) is 0.00894. The van der Waals surface area contributed by atoms with Crippen LogP contribution in [0.3, 0.4) is 0 Å². The van der Waals surface area contributed by atoms with Gasteiger partial charge < -0.3 is 57.5 Å². The molecule has 1 N–H and O–H groups in total. The highest BCUT2D eigenvalue weighted by Gasteiger charge is 2.45. The van der Waals surface area contributed by atoms with E-state index in [1.165, 1.54) is 0 Å². The van der Waals surface area contributed by atoms with Crippen molar-refractivity contribution in [3.8, 4) is 0 Å². The van der Waals surface area contributed by atoms with Crippen molar-refractivity contribution in [1.82, 2.24) is 29.2 Å². The van der Waals surface area contributed by atoms with E-state index in [4.69, 9.17) is 53.0 Å². The highest BCUT2D eigenvalue weighted by molar-refractivity contribution is 6.77. The molecule has 0 amide bonds. The first-order chi connectivity index (χ1) is 38.8. The minimum atomic E-state index is -1.22. The summed E-state index contributed by atoms with van der Waals surface area (Å²) in [6, 6.07) is 12.6. The summed E-state index contributed by atoms with van der Waals surface area (Å²) in [5, 5.41) is 17.1. The van der Waals surface area contributed by atoms with E-state index < -0.39 is 37.9 Å². The number of aliphatic hydroxyl groups excluding tert-OH is 1. The monoisotopic (exact) mass is 1220 g/mol. The Morgan fingerprint density at radius 1 is 0.561 bits per heavy atom. The number of ketones is 1. The molecule has 0 aliphatic heterocycles. The number of rotatable bonds is 34. The maximum Gasteiger partial charge on any atom is 0.338 e. The molecule has 24 heteroatoms. The Morgan fingerprint density at radius 2 is 0.939 bits per heavy atom. The zero-order valence-electron chi connectivity index (χ0n) is 53.0. The number of hydrogen-bond donors (Lipinski definition) is 1. The number of aromatic nitrogens is 6. The Kier molecular flexibility index (Phi) is 30.5. The quantitative estimate of drug-likeness (QED) is 0.0200. The van der Waals surface area contributed by atoms with Gasteiger partial charge in [0.1, 0.15) is 50.9 Å². The van der Waals surface area contributed by atoms with E-state index in [9.17, 15) is 9.59 Å². The van der Waals surface area contributed by atoms with Crippen molar-refractivity contribution < 1.29 is 57.3 Å². The predicted octanol–water partition coefficient (Wildman–Crippen LogP) is 10.4. The summed E-state index contributed by atoms with van der Waals surface area (Å²) in [4.78, 5) is 39.1. The van der Waals surface area contributed by atoms with Crippen LogP contribution in [0.25, 0.3) is 11.3 Å². The summed E-state index contributed by atoms with van der Waals surface area (Å²) >= 11 is 0. The van der Waals surface area contributed by atoms with E-state index in [1.54, 1.807) is 33.7 Å². The fourth-order valence-corrected chi connectivity index (χ4v) is 12.1. The lowest BCUT2D eigenvalue weighted by Crippen LogP contribution is -2.46. The number of Topliss-reactive ketones (excluding diaryl/α,β-unsaturated/α-hetero) is 1. The van der Waals surface area contributed by atoms with Crippen molar-refractivity contribution in [2.45, 2.75) is 172 Å². The predicted molar refractivity (Wildman–Crippen MR) is 337 cm³/mol. The third-order valence-corrected chi connectivity index (χ3v) is 21.2. The third-order valence-electron chi connectivity index (χ3n) is 14.4. The molecule has 2 fully saturated rings. The first-order valence-electron chi connectivity index (χ1n) is 29.7. The van der Waals surface area contributed by atoms with Gasteiger partial charge in [-0.05, 0) is 62.7 Å². The summed E-state index contributed by atoms with van der Waals surface area (Å²) in [5.74, 6) is 2.33. The summed E-state index contributed by atoms with van der Waals surface area (Å²) in [6.07, 6.45) is 9.16. The Morgan fingerprint density at radius 3 is 1.29 bits per heavy atom. The van der Waals surface area contributed by atoms with Gasteiger partial charge in [-0.3, -0.25) is 4.79 Å². The summed E-state index contributed by atoms with van der Waals surface area (Å²) < 4.78 is 54.8. The van der Waals surface area contributed by atoms with Crippen molar-refractivity contribution in [1.29, 1.82) is 0 Å². The fourth-order valence-electron chi connectivity index (χ4n) is 9.03. The molecule has 6 rings (SSSR count). The van der Waals surface area contributed by atoms with Crippen LogP contribution in [0.4, 0.5) is 11.6 Å². The lowest BCUT2D eigenvalue weighted by Gasteiger charge is -2.38. The number of ether oxygens (including phenoxy) is 9. The molecule has 20 nitrogen and oxygen atoms in total. The Balaban J connectivity index is 0.000000336. The van der Waals surface area contributed by atoms with Crippen LogP contribution in [-0.2, 0) is 52.2 Å². The second-order valence-corrected chi connectivity index (χ2v) is 49.0. The zero-order chi connectivity index (χ0) is 60.4. The number of carbonyl (C=O) groups excluding carboxylic acids is 2. The van der Waals surface area contributed by atoms with Crippen LogP contribution < -0.4 is 9.80 Å². The normalized spacial score (nSPS) is 17.4. The highest BCUT2D eigenvalue weighted by Crippen LogP contribution is 2.41. The molecule has 0 aromatic carbocycles. The number of nitrogens with zero attached hydrogens (tertiary/aromatic N) is 8. The van der Waals surface area contributed by atoms with E-state index >= 15 is 0 Å². The molecule has 2 saturated carbocycles. The van der Waals surface area contributed by atoms with Crippen LogP contribution in [0.15, 0.2) is 36.7 Å². The minimum absolute atomic E-state index is 0.122. The van der Waals surface area contributed by atoms with Gasteiger partial charge in [0.15, 0.2) is 16.9 Å². The van der Waals surface area contributed by atoms with Crippen molar-refractivity contribution in [2.75, 3.05) is 124 Å². The number of hydrogen-bond acceptors (Lipinski definition) is 18. The van der Waals surface area contributed by atoms with Crippen LogP contribution in [-0.4, -0.2) is 198 Å². The van der Waals surface area contributed by atoms with Gasteiger partial charge in [-0.15, -0.1) is 0 Å². The highest BCUT2D eigenvalue weighted by atomic mass is 28.3. The van der Waals surface area contributed by atoms with Crippen LogP contribution >= 0.6 is 0 Å². The molecule has 2 aliphatic rings. The molecular formula is C58H106N8O12Si4. The van der Waals surface area contributed by atoms with Crippen molar-refractivity contribution in [2.24, 2.45) is 0 Å². The average molecular weight is 1220 g/mol. The molecule has 0 spiro atoms. The van der Waals surface area contributed by atoms with Crippen molar-refractivity contribution >= 4 is 67.0 Å². The average Bonchev–Trinajstić information content (AvgIpc) is 3.71. The molecule has 0 unspecified atom stereocenters. The number of anilines is 2. The van der Waals surface area contributed by atoms with Gasteiger partial charge in [-0.1, -0.05) is 78.6 Å². The van der Waals surface area contributed by atoms with Gasteiger partial charge in [0.2, 0.25) is 0 Å². The molecule has 0 atom stereocenters. The lowest BCUT2D eigenvalue weighted by atomic mass is 9.77. The topological polar surface area (TPSA) is 204 Å². The first kappa shape index (κ1) is 71.0. The van der Waals surface area contributed by atoms with Crippen molar-refractivity contribution in [3.05, 3.63) is 48.0 Å². The molecule has 4 heterocycles. The standard InChI is InChI=1S/C31H56N4O7Si2.C24H42N4O3Si2.C3H8O2/c1-37-15-17-41-30(36)31(42-18-16-38-2)12-9-26(10-13-31)27-23-29(35-28(33-27)11-14-32-35)34(24-39-19-21-43(3,4)5)25-40-20-22-44(6,7)8;1-32(2,3)15-13-30-18-27(19-31-14-16-33(4,5)6)24-17-22(20-7-9-21(29)10-8-20)26-23-11-12-25-28(23)24;1-5-3-2-4/h11,14,23,26H,9-10,12-13,15-22,24-25H2,1-8H3;11-12,17,20H,7-10,13-16,18-19H2,1-6H3;4H,2-3H2,1H3. The van der Waals surface area contributed by atoms with Crippen LogP contribution in [0.5, 0.6) is 0 Å². The van der Waals surface area contributed by atoms with Gasteiger partial charge >= 0.3 is 5.97 Å². The maximum atomic E-state index is 13.2. The molecule has 0 saturated heterocycles.